The molecular formula is C17H18BrIO. The summed E-state index contributed by atoms with van der Waals surface area (Å²) in [7, 11) is 0. The van der Waals surface area contributed by atoms with Crippen LogP contribution in [-0.4, -0.2) is 5.11 Å². The highest BCUT2D eigenvalue weighted by atomic mass is 127. The van der Waals surface area contributed by atoms with Crippen molar-refractivity contribution in [3.05, 3.63) is 67.2 Å². The third kappa shape index (κ3) is 4.06. The van der Waals surface area contributed by atoms with Gasteiger partial charge in [-0.3, -0.25) is 0 Å². The van der Waals surface area contributed by atoms with Gasteiger partial charge in [0.05, 0.1) is 0 Å². The largest absolute Gasteiger partial charge is 0.384 e. The minimum atomic E-state index is -0.591. The fourth-order valence-electron chi connectivity index (χ4n) is 2.27. The maximum Gasteiger partial charge on any atom is 0.105 e. The van der Waals surface area contributed by atoms with Crippen LogP contribution in [0, 0.1) is 9.49 Å². The predicted octanol–water partition coefficient (Wildman–Crippen LogP) is 5.33. The molecule has 0 fully saturated rings. The second-order valence-electron chi connectivity index (χ2n) is 5.41. The van der Waals surface area contributed by atoms with Gasteiger partial charge in [0.2, 0.25) is 0 Å². The molecular weight excluding hydrogens is 427 g/mol. The van der Waals surface area contributed by atoms with E-state index in [0.29, 0.717) is 5.92 Å². The number of hydrogen-bond acceptors (Lipinski definition) is 1. The van der Waals surface area contributed by atoms with Crippen LogP contribution in [0.3, 0.4) is 0 Å². The fourth-order valence-corrected chi connectivity index (χ4v) is 3.24. The van der Waals surface area contributed by atoms with Gasteiger partial charge in [0.1, 0.15) is 6.10 Å². The highest BCUT2D eigenvalue weighted by molar-refractivity contribution is 14.1. The standard InChI is InChI=1S/C17H18BrIO/c1-11(2)8-12-4-3-5-13(9-12)17(20)15-10-14(19)6-7-16(15)18/h3-7,9-11,17,20H,8H2,1-2H3. The zero-order valence-corrected chi connectivity index (χ0v) is 15.3. The van der Waals surface area contributed by atoms with Gasteiger partial charge in [0, 0.05) is 13.6 Å². The smallest absolute Gasteiger partial charge is 0.105 e. The van der Waals surface area contributed by atoms with Gasteiger partial charge < -0.3 is 5.11 Å². The fraction of sp³-hybridized carbons (Fsp3) is 0.294. The van der Waals surface area contributed by atoms with E-state index in [0.717, 1.165) is 25.6 Å². The molecule has 0 aliphatic carbocycles. The minimum absolute atomic E-state index is 0.591. The zero-order chi connectivity index (χ0) is 14.7. The molecule has 0 saturated carbocycles. The molecule has 1 nitrogen and oxygen atoms in total. The van der Waals surface area contributed by atoms with Crippen molar-refractivity contribution in [1.82, 2.24) is 0 Å². The van der Waals surface area contributed by atoms with Gasteiger partial charge >= 0.3 is 0 Å². The summed E-state index contributed by atoms with van der Waals surface area (Å²) in [4.78, 5) is 0. The van der Waals surface area contributed by atoms with Crippen LogP contribution in [-0.2, 0) is 6.42 Å². The second kappa shape index (κ2) is 7.05. The molecule has 2 rings (SSSR count). The van der Waals surface area contributed by atoms with Gasteiger partial charge in [0.25, 0.3) is 0 Å². The van der Waals surface area contributed by atoms with E-state index in [-0.39, 0.29) is 0 Å². The third-order valence-electron chi connectivity index (χ3n) is 3.16. The second-order valence-corrected chi connectivity index (χ2v) is 7.51. The van der Waals surface area contributed by atoms with Crippen LogP contribution in [0.5, 0.6) is 0 Å². The summed E-state index contributed by atoms with van der Waals surface area (Å²) in [5.41, 5.74) is 3.14. The van der Waals surface area contributed by atoms with Gasteiger partial charge in [-0.15, -0.1) is 0 Å². The summed E-state index contributed by atoms with van der Waals surface area (Å²) in [6.45, 7) is 4.42. The Bertz CT molecular complexity index is 595. The monoisotopic (exact) mass is 444 g/mol. The van der Waals surface area contributed by atoms with Gasteiger partial charge in [-0.05, 0) is 64.3 Å². The first kappa shape index (κ1) is 16.0. The minimum Gasteiger partial charge on any atom is -0.384 e. The first-order chi connectivity index (χ1) is 9.47. The first-order valence-corrected chi connectivity index (χ1v) is 8.56. The number of hydrogen-bond donors (Lipinski definition) is 1. The molecule has 0 radical (unpaired) electrons. The maximum absolute atomic E-state index is 10.6. The topological polar surface area (TPSA) is 20.2 Å². The van der Waals surface area contributed by atoms with Crippen molar-refractivity contribution < 1.29 is 5.11 Å². The zero-order valence-electron chi connectivity index (χ0n) is 11.6. The molecule has 3 heteroatoms. The van der Waals surface area contributed by atoms with Crippen molar-refractivity contribution >= 4 is 38.5 Å². The Morgan fingerprint density at radius 1 is 1.15 bits per heavy atom. The molecule has 106 valence electrons. The number of aliphatic hydroxyl groups is 1. The van der Waals surface area contributed by atoms with Crippen molar-refractivity contribution in [2.24, 2.45) is 5.92 Å². The molecule has 0 aromatic heterocycles. The Morgan fingerprint density at radius 2 is 1.90 bits per heavy atom. The molecule has 2 aromatic carbocycles. The van der Waals surface area contributed by atoms with E-state index in [1.165, 1.54) is 5.56 Å². The van der Waals surface area contributed by atoms with E-state index < -0.39 is 6.10 Å². The Balaban J connectivity index is 2.33. The maximum atomic E-state index is 10.6. The molecule has 1 atom stereocenters. The quantitative estimate of drug-likeness (QED) is 0.631. The molecule has 2 aromatic rings. The van der Waals surface area contributed by atoms with E-state index in [2.05, 4.69) is 64.5 Å². The average molecular weight is 445 g/mol. The summed E-state index contributed by atoms with van der Waals surface area (Å²) in [5, 5.41) is 10.6. The number of halogens is 2. The van der Waals surface area contributed by atoms with Crippen LogP contribution in [0.15, 0.2) is 46.9 Å². The molecule has 0 saturated heterocycles. The molecule has 1 N–H and O–H groups in total. The van der Waals surface area contributed by atoms with Crippen molar-refractivity contribution in [1.29, 1.82) is 0 Å². The van der Waals surface area contributed by atoms with E-state index in [4.69, 9.17) is 0 Å². The van der Waals surface area contributed by atoms with E-state index in [1.54, 1.807) is 0 Å². The van der Waals surface area contributed by atoms with Crippen molar-refractivity contribution in [2.75, 3.05) is 0 Å². The van der Waals surface area contributed by atoms with Crippen LogP contribution >= 0.6 is 38.5 Å². The van der Waals surface area contributed by atoms with E-state index in [1.807, 2.05) is 30.3 Å². The number of rotatable bonds is 4. The van der Waals surface area contributed by atoms with Gasteiger partial charge in [-0.25, -0.2) is 0 Å². The first-order valence-electron chi connectivity index (χ1n) is 6.69. The van der Waals surface area contributed by atoms with Gasteiger partial charge in [-0.1, -0.05) is 54.0 Å². The Labute approximate surface area is 142 Å². The van der Waals surface area contributed by atoms with Crippen LogP contribution in [0.2, 0.25) is 0 Å². The molecule has 20 heavy (non-hydrogen) atoms. The molecule has 0 heterocycles. The lowest BCUT2D eigenvalue weighted by Crippen LogP contribution is -2.03. The van der Waals surface area contributed by atoms with Gasteiger partial charge in [0.15, 0.2) is 0 Å². The third-order valence-corrected chi connectivity index (χ3v) is 4.56. The summed E-state index contributed by atoms with van der Waals surface area (Å²) in [6, 6.07) is 14.3. The van der Waals surface area contributed by atoms with Crippen LogP contribution in [0.1, 0.15) is 36.6 Å². The number of aliphatic hydroxyl groups excluding tert-OH is 1. The predicted molar refractivity (Wildman–Crippen MR) is 95.9 cm³/mol. The molecule has 0 amide bonds. The number of benzene rings is 2. The molecule has 0 aliphatic heterocycles. The van der Waals surface area contributed by atoms with Gasteiger partial charge in [-0.2, -0.15) is 0 Å². The highest BCUT2D eigenvalue weighted by Gasteiger charge is 2.14. The van der Waals surface area contributed by atoms with Crippen molar-refractivity contribution in [2.45, 2.75) is 26.4 Å². The van der Waals surface area contributed by atoms with Crippen LogP contribution in [0.25, 0.3) is 0 Å². The lowest BCUT2D eigenvalue weighted by Gasteiger charge is -2.15. The SMILES string of the molecule is CC(C)Cc1cccc(C(O)c2cc(I)ccc2Br)c1. The summed E-state index contributed by atoms with van der Waals surface area (Å²) in [6.07, 6.45) is 0.444. The summed E-state index contributed by atoms with van der Waals surface area (Å²) in [5.74, 6) is 0.617. The average Bonchev–Trinajstić information content (AvgIpc) is 2.40. The van der Waals surface area contributed by atoms with E-state index in [9.17, 15) is 5.11 Å². The molecule has 1 unspecified atom stereocenters. The van der Waals surface area contributed by atoms with Crippen LogP contribution in [0.4, 0.5) is 0 Å². The molecule has 0 bridgehead atoms. The Morgan fingerprint density at radius 3 is 2.60 bits per heavy atom. The Hall–Kier alpha value is -0.390. The normalized spacial score (nSPS) is 12.7. The molecule has 0 spiro atoms. The lowest BCUT2D eigenvalue weighted by atomic mass is 9.96. The summed E-state index contributed by atoms with van der Waals surface area (Å²) < 4.78 is 2.07. The van der Waals surface area contributed by atoms with Crippen LogP contribution < -0.4 is 0 Å². The summed E-state index contributed by atoms with van der Waals surface area (Å²) >= 11 is 5.79. The highest BCUT2D eigenvalue weighted by Crippen LogP contribution is 2.30. The van der Waals surface area contributed by atoms with Crippen molar-refractivity contribution in [3.63, 3.8) is 0 Å². The Kier molecular flexibility index (Phi) is 5.64. The lowest BCUT2D eigenvalue weighted by molar-refractivity contribution is 0.219. The van der Waals surface area contributed by atoms with Crippen molar-refractivity contribution in [3.8, 4) is 0 Å². The molecule has 0 aliphatic rings. The van der Waals surface area contributed by atoms with E-state index >= 15 is 0 Å².